The van der Waals surface area contributed by atoms with Crippen LogP contribution in [-0.2, 0) is 13.0 Å². The highest BCUT2D eigenvalue weighted by molar-refractivity contribution is 7.09. The Hall–Kier alpha value is -1.32. The fourth-order valence-electron chi connectivity index (χ4n) is 1.65. The average Bonchev–Trinajstić information content (AvgIpc) is 2.87. The van der Waals surface area contributed by atoms with Gasteiger partial charge in [0.15, 0.2) is 0 Å². The van der Waals surface area contributed by atoms with Gasteiger partial charge in [-0.3, -0.25) is 0 Å². The minimum atomic E-state index is 0.651. The minimum absolute atomic E-state index is 0.651. The van der Waals surface area contributed by atoms with Gasteiger partial charge in [0.2, 0.25) is 0 Å². The third-order valence-electron chi connectivity index (χ3n) is 2.53. The molecule has 0 bridgehead atoms. The Morgan fingerprint density at radius 1 is 1.18 bits per heavy atom. The van der Waals surface area contributed by atoms with Crippen LogP contribution in [0, 0.1) is 0 Å². The quantitative estimate of drug-likeness (QED) is 0.850. The molecule has 2 rings (SSSR count). The first-order valence-corrected chi connectivity index (χ1v) is 6.70. The van der Waals surface area contributed by atoms with E-state index in [0.29, 0.717) is 6.61 Å². The number of rotatable bonds is 6. The second-order valence-corrected chi connectivity index (χ2v) is 4.94. The van der Waals surface area contributed by atoms with E-state index >= 15 is 0 Å². The van der Waals surface area contributed by atoms with Crippen LogP contribution in [0.4, 0.5) is 0 Å². The molecule has 0 aliphatic heterocycles. The molecule has 0 fully saturated rings. The van der Waals surface area contributed by atoms with Crippen molar-refractivity contribution in [3.8, 4) is 5.75 Å². The normalized spacial score (nSPS) is 10.4. The van der Waals surface area contributed by atoms with Crippen molar-refractivity contribution in [2.45, 2.75) is 19.4 Å². The molecule has 0 atom stereocenters. The van der Waals surface area contributed by atoms with Gasteiger partial charge in [-0.2, -0.15) is 0 Å². The standard InChI is InChI=1S/C14H17NOS/c15-8-2-5-12-4-1-6-13(10-12)16-11-14-7-3-9-17-14/h1,3-4,6-7,9-10H,2,5,8,11,15H2. The Kier molecular flexibility index (Phi) is 4.59. The van der Waals surface area contributed by atoms with E-state index in [1.807, 2.05) is 18.2 Å². The molecule has 2 aromatic rings. The Labute approximate surface area is 106 Å². The largest absolute Gasteiger partial charge is 0.488 e. The molecular weight excluding hydrogens is 230 g/mol. The molecule has 0 aliphatic rings. The van der Waals surface area contributed by atoms with Crippen molar-refractivity contribution in [2.75, 3.05) is 6.54 Å². The zero-order valence-corrected chi connectivity index (χ0v) is 10.6. The van der Waals surface area contributed by atoms with Gasteiger partial charge in [-0.25, -0.2) is 0 Å². The number of hydrogen-bond acceptors (Lipinski definition) is 3. The zero-order valence-electron chi connectivity index (χ0n) is 9.76. The highest BCUT2D eigenvalue weighted by Gasteiger charge is 1.98. The Morgan fingerprint density at radius 2 is 2.12 bits per heavy atom. The summed E-state index contributed by atoms with van der Waals surface area (Å²) in [6.45, 7) is 1.39. The molecule has 2 nitrogen and oxygen atoms in total. The smallest absolute Gasteiger partial charge is 0.122 e. The van der Waals surface area contributed by atoms with Crippen molar-refractivity contribution in [1.82, 2.24) is 0 Å². The molecule has 0 radical (unpaired) electrons. The van der Waals surface area contributed by atoms with Crippen LogP contribution < -0.4 is 10.5 Å². The van der Waals surface area contributed by atoms with Crippen molar-refractivity contribution >= 4 is 11.3 Å². The highest BCUT2D eigenvalue weighted by Crippen LogP contribution is 2.17. The molecule has 90 valence electrons. The molecular formula is C14H17NOS. The molecule has 17 heavy (non-hydrogen) atoms. The molecule has 1 aromatic heterocycles. The summed E-state index contributed by atoms with van der Waals surface area (Å²) in [4.78, 5) is 1.25. The lowest BCUT2D eigenvalue weighted by atomic mass is 10.1. The lowest BCUT2D eigenvalue weighted by Crippen LogP contribution is -2.00. The summed E-state index contributed by atoms with van der Waals surface area (Å²) in [5.41, 5.74) is 6.80. The van der Waals surface area contributed by atoms with Gasteiger partial charge in [-0.15, -0.1) is 11.3 Å². The monoisotopic (exact) mass is 247 g/mol. The second-order valence-electron chi connectivity index (χ2n) is 3.91. The fourth-order valence-corrected chi connectivity index (χ4v) is 2.26. The lowest BCUT2D eigenvalue weighted by Gasteiger charge is -2.06. The molecule has 1 aromatic carbocycles. The Bertz CT molecular complexity index is 439. The van der Waals surface area contributed by atoms with Crippen LogP contribution >= 0.6 is 11.3 Å². The number of benzene rings is 1. The van der Waals surface area contributed by atoms with Gasteiger partial charge in [-0.1, -0.05) is 18.2 Å². The van der Waals surface area contributed by atoms with Gasteiger partial charge >= 0.3 is 0 Å². The molecule has 3 heteroatoms. The summed E-state index contributed by atoms with van der Waals surface area (Å²) in [5.74, 6) is 0.938. The van der Waals surface area contributed by atoms with E-state index in [9.17, 15) is 0 Å². The van der Waals surface area contributed by atoms with E-state index in [2.05, 4.69) is 23.6 Å². The first-order valence-electron chi connectivity index (χ1n) is 5.82. The maximum atomic E-state index is 5.75. The first-order chi connectivity index (χ1) is 8.38. The van der Waals surface area contributed by atoms with Gasteiger partial charge in [0.25, 0.3) is 0 Å². The average molecular weight is 247 g/mol. The van der Waals surface area contributed by atoms with Crippen LogP contribution in [-0.4, -0.2) is 6.54 Å². The maximum Gasteiger partial charge on any atom is 0.122 e. The van der Waals surface area contributed by atoms with E-state index in [1.165, 1.54) is 10.4 Å². The highest BCUT2D eigenvalue weighted by atomic mass is 32.1. The predicted molar refractivity (Wildman–Crippen MR) is 72.5 cm³/mol. The number of ether oxygens (including phenoxy) is 1. The fraction of sp³-hybridized carbons (Fsp3) is 0.286. The third-order valence-corrected chi connectivity index (χ3v) is 3.38. The van der Waals surface area contributed by atoms with Crippen molar-refractivity contribution in [1.29, 1.82) is 0 Å². The van der Waals surface area contributed by atoms with Gasteiger partial charge in [0, 0.05) is 4.88 Å². The maximum absolute atomic E-state index is 5.75. The molecule has 0 saturated heterocycles. The number of hydrogen-bond donors (Lipinski definition) is 1. The summed E-state index contributed by atoms with van der Waals surface area (Å²) >= 11 is 1.72. The van der Waals surface area contributed by atoms with Crippen LogP contribution in [0.1, 0.15) is 16.9 Å². The van der Waals surface area contributed by atoms with E-state index in [-0.39, 0.29) is 0 Å². The molecule has 1 heterocycles. The van der Waals surface area contributed by atoms with Crippen LogP contribution in [0.2, 0.25) is 0 Å². The van der Waals surface area contributed by atoms with Crippen molar-refractivity contribution in [3.63, 3.8) is 0 Å². The van der Waals surface area contributed by atoms with Crippen LogP contribution in [0.3, 0.4) is 0 Å². The topological polar surface area (TPSA) is 35.2 Å². The summed E-state index contributed by atoms with van der Waals surface area (Å²) < 4.78 is 5.75. The zero-order chi connectivity index (χ0) is 11.9. The van der Waals surface area contributed by atoms with Crippen molar-refractivity contribution in [2.24, 2.45) is 5.73 Å². The summed E-state index contributed by atoms with van der Waals surface area (Å²) in [6, 6.07) is 12.4. The minimum Gasteiger partial charge on any atom is -0.488 e. The van der Waals surface area contributed by atoms with Crippen LogP contribution in [0.15, 0.2) is 41.8 Å². The Morgan fingerprint density at radius 3 is 2.88 bits per heavy atom. The molecule has 0 spiro atoms. The third kappa shape index (κ3) is 3.88. The van der Waals surface area contributed by atoms with E-state index < -0.39 is 0 Å². The lowest BCUT2D eigenvalue weighted by molar-refractivity contribution is 0.309. The molecule has 2 N–H and O–H groups in total. The Balaban J connectivity index is 1.91. The van der Waals surface area contributed by atoms with Crippen molar-refractivity contribution < 1.29 is 4.74 Å². The van der Waals surface area contributed by atoms with Crippen LogP contribution in [0.25, 0.3) is 0 Å². The van der Waals surface area contributed by atoms with Crippen LogP contribution in [0.5, 0.6) is 5.75 Å². The van der Waals surface area contributed by atoms with E-state index in [0.717, 1.165) is 25.1 Å². The van der Waals surface area contributed by atoms with Crippen molar-refractivity contribution in [3.05, 3.63) is 52.2 Å². The predicted octanol–water partition coefficient (Wildman–Crippen LogP) is 3.22. The summed E-state index contributed by atoms with van der Waals surface area (Å²) in [6.07, 6.45) is 2.04. The van der Waals surface area contributed by atoms with E-state index in [1.54, 1.807) is 11.3 Å². The number of thiophene rings is 1. The molecule has 0 aliphatic carbocycles. The molecule has 0 saturated carbocycles. The van der Waals surface area contributed by atoms with Gasteiger partial charge in [0.05, 0.1) is 0 Å². The molecule has 0 unspecified atom stereocenters. The summed E-state index contributed by atoms with van der Waals surface area (Å²) in [5, 5.41) is 2.07. The summed E-state index contributed by atoms with van der Waals surface area (Å²) in [7, 11) is 0. The van der Waals surface area contributed by atoms with Gasteiger partial charge < -0.3 is 10.5 Å². The molecule has 0 amide bonds. The SMILES string of the molecule is NCCCc1cccc(OCc2cccs2)c1. The number of aryl methyl sites for hydroxylation is 1. The van der Waals surface area contributed by atoms with Gasteiger partial charge in [-0.05, 0) is 48.5 Å². The van der Waals surface area contributed by atoms with E-state index in [4.69, 9.17) is 10.5 Å². The number of nitrogens with two attached hydrogens (primary N) is 1. The first kappa shape index (κ1) is 12.1. The second kappa shape index (κ2) is 6.42. The van der Waals surface area contributed by atoms with Gasteiger partial charge in [0.1, 0.15) is 12.4 Å².